The first-order valence-electron chi connectivity index (χ1n) is 8.12. The van der Waals surface area contributed by atoms with Gasteiger partial charge in [0.1, 0.15) is 0 Å². The first-order valence-corrected chi connectivity index (χ1v) is 8.12. The highest BCUT2D eigenvalue weighted by molar-refractivity contribution is 5.02. The highest BCUT2D eigenvalue weighted by Crippen LogP contribution is 2.12. The maximum atomic E-state index is 9.88. The molecule has 4 nitrogen and oxygen atoms in total. The van der Waals surface area contributed by atoms with Gasteiger partial charge in [-0.25, -0.2) is 0 Å². The van der Waals surface area contributed by atoms with E-state index in [2.05, 4.69) is 24.1 Å². The Kier molecular flexibility index (Phi) is 10.0. The number of nitrogens with zero attached hydrogens (tertiary/aromatic N) is 1. The van der Waals surface area contributed by atoms with Crippen molar-refractivity contribution in [1.82, 2.24) is 10.3 Å². The van der Waals surface area contributed by atoms with E-state index in [-0.39, 0.29) is 0 Å². The second-order valence-corrected chi connectivity index (χ2v) is 5.56. The van der Waals surface area contributed by atoms with Gasteiger partial charge in [0.05, 0.1) is 18.4 Å². The van der Waals surface area contributed by atoms with E-state index in [4.69, 9.17) is 4.74 Å². The van der Waals surface area contributed by atoms with E-state index in [1.165, 1.54) is 19.3 Å². The van der Waals surface area contributed by atoms with Gasteiger partial charge in [0.25, 0.3) is 0 Å². The SMILES string of the molecule is CCCCC(CC)COCC(O)CNCc1ccccn1. The van der Waals surface area contributed by atoms with Crippen molar-refractivity contribution >= 4 is 0 Å². The lowest BCUT2D eigenvalue weighted by molar-refractivity contribution is 0.0192. The Morgan fingerprint density at radius 3 is 2.81 bits per heavy atom. The molecule has 0 aliphatic carbocycles. The molecular weight excluding hydrogens is 264 g/mol. The van der Waals surface area contributed by atoms with E-state index >= 15 is 0 Å². The second-order valence-electron chi connectivity index (χ2n) is 5.56. The Hall–Kier alpha value is -0.970. The summed E-state index contributed by atoms with van der Waals surface area (Å²) in [5.41, 5.74) is 0.983. The summed E-state index contributed by atoms with van der Waals surface area (Å²) in [5.74, 6) is 0.624. The lowest BCUT2D eigenvalue weighted by Crippen LogP contribution is -2.31. The minimum absolute atomic E-state index is 0.401. The topological polar surface area (TPSA) is 54.4 Å². The summed E-state index contributed by atoms with van der Waals surface area (Å²) in [7, 11) is 0. The molecule has 0 bridgehead atoms. The van der Waals surface area contributed by atoms with Crippen LogP contribution in [0.2, 0.25) is 0 Å². The molecule has 0 radical (unpaired) electrons. The van der Waals surface area contributed by atoms with Crippen LogP contribution in [0.15, 0.2) is 24.4 Å². The Morgan fingerprint density at radius 1 is 1.29 bits per heavy atom. The third kappa shape index (κ3) is 8.81. The molecule has 1 aromatic heterocycles. The summed E-state index contributed by atoms with van der Waals surface area (Å²) in [6.07, 6.45) is 6.18. The first-order chi connectivity index (χ1) is 10.3. The van der Waals surface area contributed by atoms with Crippen LogP contribution in [0.25, 0.3) is 0 Å². The molecule has 0 fully saturated rings. The van der Waals surface area contributed by atoms with Crippen molar-refractivity contribution in [2.24, 2.45) is 5.92 Å². The number of hydrogen-bond donors (Lipinski definition) is 2. The van der Waals surface area contributed by atoms with E-state index in [0.717, 1.165) is 18.7 Å². The van der Waals surface area contributed by atoms with Crippen LogP contribution in [-0.4, -0.2) is 36.0 Å². The largest absolute Gasteiger partial charge is 0.389 e. The van der Waals surface area contributed by atoms with Gasteiger partial charge in [-0.1, -0.05) is 39.2 Å². The molecule has 2 atom stereocenters. The molecule has 0 aromatic carbocycles. The van der Waals surface area contributed by atoms with Crippen LogP contribution >= 0.6 is 0 Å². The fraction of sp³-hybridized carbons (Fsp3) is 0.706. The van der Waals surface area contributed by atoms with Crippen LogP contribution < -0.4 is 5.32 Å². The lowest BCUT2D eigenvalue weighted by atomic mass is 10.0. The smallest absolute Gasteiger partial charge is 0.0897 e. The maximum absolute atomic E-state index is 9.88. The number of aromatic nitrogens is 1. The molecule has 21 heavy (non-hydrogen) atoms. The van der Waals surface area contributed by atoms with E-state index in [0.29, 0.717) is 25.6 Å². The van der Waals surface area contributed by atoms with Crippen molar-refractivity contribution in [2.75, 3.05) is 19.8 Å². The summed E-state index contributed by atoms with van der Waals surface area (Å²) in [6, 6.07) is 5.83. The molecule has 4 heteroatoms. The molecule has 2 unspecified atom stereocenters. The van der Waals surface area contributed by atoms with Crippen LogP contribution in [0.3, 0.4) is 0 Å². The molecule has 0 amide bonds. The molecule has 1 rings (SSSR count). The summed E-state index contributed by atoms with van der Waals surface area (Å²) in [5, 5.41) is 13.1. The van der Waals surface area contributed by atoms with Crippen molar-refractivity contribution < 1.29 is 9.84 Å². The van der Waals surface area contributed by atoms with Gasteiger partial charge in [-0.3, -0.25) is 4.98 Å². The average molecular weight is 294 g/mol. The molecule has 1 aromatic rings. The molecule has 0 saturated heterocycles. The highest BCUT2D eigenvalue weighted by atomic mass is 16.5. The lowest BCUT2D eigenvalue weighted by Gasteiger charge is -2.17. The summed E-state index contributed by atoms with van der Waals surface area (Å²) >= 11 is 0. The zero-order chi connectivity index (χ0) is 15.3. The van der Waals surface area contributed by atoms with Gasteiger partial charge < -0.3 is 15.2 Å². The number of aliphatic hydroxyl groups is 1. The van der Waals surface area contributed by atoms with E-state index in [1.807, 2.05) is 18.2 Å². The monoisotopic (exact) mass is 294 g/mol. The quantitative estimate of drug-likeness (QED) is 0.622. The number of nitrogens with one attached hydrogen (secondary N) is 1. The first kappa shape index (κ1) is 18.1. The van der Waals surface area contributed by atoms with Crippen LogP contribution in [0, 0.1) is 5.92 Å². The number of rotatable bonds is 12. The predicted molar refractivity (Wildman–Crippen MR) is 86.1 cm³/mol. The van der Waals surface area contributed by atoms with Gasteiger partial charge in [-0.15, -0.1) is 0 Å². The van der Waals surface area contributed by atoms with Gasteiger partial charge in [-0.05, 0) is 24.5 Å². The zero-order valence-corrected chi connectivity index (χ0v) is 13.4. The van der Waals surface area contributed by atoms with Gasteiger partial charge in [0.2, 0.25) is 0 Å². The minimum Gasteiger partial charge on any atom is -0.389 e. The zero-order valence-electron chi connectivity index (χ0n) is 13.4. The fourth-order valence-corrected chi connectivity index (χ4v) is 2.20. The fourth-order valence-electron chi connectivity index (χ4n) is 2.20. The Bertz CT molecular complexity index is 346. The molecule has 0 aliphatic heterocycles. The Morgan fingerprint density at radius 2 is 2.14 bits per heavy atom. The van der Waals surface area contributed by atoms with Crippen molar-refractivity contribution in [2.45, 2.75) is 52.2 Å². The van der Waals surface area contributed by atoms with Crippen molar-refractivity contribution in [3.05, 3.63) is 30.1 Å². The number of pyridine rings is 1. The number of aliphatic hydroxyl groups excluding tert-OH is 1. The predicted octanol–water partition coefficient (Wildman–Crippen LogP) is 2.77. The number of hydrogen-bond acceptors (Lipinski definition) is 4. The van der Waals surface area contributed by atoms with E-state index < -0.39 is 6.10 Å². The van der Waals surface area contributed by atoms with E-state index in [9.17, 15) is 5.11 Å². The van der Waals surface area contributed by atoms with Crippen LogP contribution in [-0.2, 0) is 11.3 Å². The molecule has 1 heterocycles. The Balaban J connectivity index is 2.06. The summed E-state index contributed by atoms with van der Waals surface area (Å²) in [4.78, 5) is 4.23. The third-order valence-electron chi connectivity index (χ3n) is 3.62. The average Bonchev–Trinajstić information content (AvgIpc) is 2.51. The van der Waals surface area contributed by atoms with Crippen LogP contribution in [0.4, 0.5) is 0 Å². The molecule has 0 saturated carbocycles. The molecule has 0 spiro atoms. The standard InChI is InChI=1S/C17H30N2O2/c1-3-5-8-15(4-2)13-21-14-17(20)12-18-11-16-9-6-7-10-19-16/h6-7,9-10,15,17-18,20H,3-5,8,11-14H2,1-2H3. The number of ether oxygens (including phenoxy) is 1. The molecular formula is C17H30N2O2. The molecule has 120 valence electrons. The highest BCUT2D eigenvalue weighted by Gasteiger charge is 2.08. The normalized spacial score (nSPS) is 14.0. The maximum Gasteiger partial charge on any atom is 0.0897 e. The van der Waals surface area contributed by atoms with Crippen molar-refractivity contribution in [3.63, 3.8) is 0 Å². The van der Waals surface area contributed by atoms with Gasteiger partial charge in [-0.2, -0.15) is 0 Å². The Labute approximate surface area is 128 Å². The molecule has 2 N–H and O–H groups in total. The van der Waals surface area contributed by atoms with Crippen molar-refractivity contribution in [3.8, 4) is 0 Å². The van der Waals surface area contributed by atoms with Crippen LogP contribution in [0.5, 0.6) is 0 Å². The second kappa shape index (κ2) is 11.7. The minimum atomic E-state index is -0.461. The number of unbranched alkanes of at least 4 members (excludes halogenated alkanes) is 1. The van der Waals surface area contributed by atoms with Crippen LogP contribution in [0.1, 0.15) is 45.2 Å². The summed E-state index contributed by atoms with van der Waals surface area (Å²) in [6.45, 7) is 6.78. The van der Waals surface area contributed by atoms with Gasteiger partial charge >= 0.3 is 0 Å². The molecule has 0 aliphatic rings. The third-order valence-corrected chi connectivity index (χ3v) is 3.62. The summed E-state index contributed by atoms with van der Waals surface area (Å²) < 4.78 is 5.64. The van der Waals surface area contributed by atoms with Crippen molar-refractivity contribution in [1.29, 1.82) is 0 Å². The van der Waals surface area contributed by atoms with E-state index in [1.54, 1.807) is 6.20 Å². The van der Waals surface area contributed by atoms with Gasteiger partial charge in [0.15, 0.2) is 0 Å². The van der Waals surface area contributed by atoms with Gasteiger partial charge in [0, 0.05) is 25.9 Å².